The van der Waals surface area contributed by atoms with Gasteiger partial charge in [-0.3, -0.25) is 14.4 Å². The van der Waals surface area contributed by atoms with Crippen molar-refractivity contribution in [3.05, 3.63) is 89.9 Å². The summed E-state index contributed by atoms with van der Waals surface area (Å²) in [4.78, 5) is 41.4. The molecule has 0 aliphatic carbocycles. The van der Waals surface area contributed by atoms with Gasteiger partial charge in [-0.1, -0.05) is 18.2 Å². The molecule has 3 amide bonds. The largest absolute Gasteiger partial charge is 0.479 e. The van der Waals surface area contributed by atoms with Gasteiger partial charge in [0.05, 0.1) is 5.69 Å². The van der Waals surface area contributed by atoms with Gasteiger partial charge in [-0.25, -0.2) is 4.39 Å². The summed E-state index contributed by atoms with van der Waals surface area (Å²) in [5, 5.41) is 9.27. The van der Waals surface area contributed by atoms with E-state index in [4.69, 9.17) is 4.74 Å². The molecule has 36 heavy (non-hydrogen) atoms. The lowest BCUT2D eigenvalue weighted by molar-refractivity contribution is -0.122. The molecule has 1 aromatic heterocycles. The van der Waals surface area contributed by atoms with E-state index in [1.807, 2.05) is 30.5 Å². The molecule has 0 unspecified atom stereocenters. The number of hydrogen-bond acceptors (Lipinski definition) is 4. The van der Waals surface area contributed by atoms with Gasteiger partial charge in [-0.2, -0.15) is 0 Å². The van der Waals surface area contributed by atoms with E-state index in [0.29, 0.717) is 17.1 Å². The van der Waals surface area contributed by atoms with E-state index in [9.17, 15) is 18.8 Å². The molecular formula is C27H23FN4O4. The van der Waals surface area contributed by atoms with Crippen molar-refractivity contribution in [1.82, 2.24) is 10.3 Å². The highest BCUT2D eigenvalue weighted by molar-refractivity contribution is 6.03. The molecule has 4 N–H and O–H groups in total. The molecule has 0 saturated heterocycles. The van der Waals surface area contributed by atoms with Crippen LogP contribution < -0.4 is 20.7 Å². The van der Waals surface area contributed by atoms with Crippen LogP contribution in [-0.2, 0) is 16.0 Å². The molecule has 9 heteroatoms. The Morgan fingerprint density at radius 2 is 1.86 bits per heavy atom. The highest BCUT2D eigenvalue weighted by Gasteiger charge is 2.26. The van der Waals surface area contributed by atoms with Gasteiger partial charge in [0.15, 0.2) is 6.10 Å². The molecule has 5 rings (SSSR count). The summed E-state index contributed by atoms with van der Waals surface area (Å²) in [6.07, 6.45) is 1.41. The Balaban J connectivity index is 1.39. The normalized spacial score (nSPS) is 15.4. The number of carbonyl (C=O) groups is 3. The first kappa shape index (κ1) is 23.1. The lowest BCUT2D eigenvalue weighted by Crippen LogP contribution is -2.45. The minimum absolute atomic E-state index is 0.213. The third kappa shape index (κ3) is 4.76. The SMILES string of the molecule is C[C@H]1Oc2ccc(NC(=O)[C@H](Cc3c[nH]c4ccccc34)NC(=O)c3ccc(F)cc3)cc2NC1=O. The number of para-hydroxylation sites is 1. The van der Waals surface area contributed by atoms with E-state index in [-0.39, 0.29) is 17.9 Å². The van der Waals surface area contributed by atoms with Crippen LogP contribution in [0.3, 0.4) is 0 Å². The van der Waals surface area contributed by atoms with Gasteiger partial charge in [0.2, 0.25) is 5.91 Å². The Bertz CT molecular complexity index is 1460. The van der Waals surface area contributed by atoms with Gasteiger partial charge in [0, 0.05) is 34.8 Å². The second kappa shape index (κ2) is 9.53. The number of aromatic nitrogens is 1. The molecule has 3 aromatic carbocycles. The second-order valence-corrected chi connectivity index (χ2v) is 8.55. The summed E-state index contributed by atoms with van der Waals surface area (Å²) in [6.45, 7) is 1.65. The van der Waals surface area contributed by atoms with Crippen LogP contribution in [0.1, 0.15) is 22.8 Å². The van der Waals surface area contributed by atoms with Gasteiger partial charge in [0.25, 0.3) is 11.8 Å². The van der Waals surface area contributed by atoms with Gasteiger partial charge in [-0.15, -0.1) is 0 Å². The lowest BCUT2D eigenvalue weighted by atomic mass is 10.0. The Morgan fingerprint density at radius 1 is 1.08 bits per heavy atom. The summed E-state index contributed by atoms with van der Waals surface area (Å²) in [5.74, 6) is -1.20. The minimum atomic E-state index is -0.941. The number of benzene rings is 3. The molecule has 2 heterocycles. The zero-order valence-electron chi connectivity index (χ0n) is 19.3. The van der Waals surface area contributed by atoms with Crippen molar-refractivity contribution in [1.29, 1.82) is 0 Å². The van der Waals surface area contributed by atoms with E-state index in [1.165, 1.54) is 24.3 Å². The van der Waals surface area contributed by atoms with Crippen LogP contribution in [0, 0.1) is 5.82 Å². The van der Waals surface area contributed by atoms with Crippen molar-refractivity contribution < 1.29 is 23.5 Å². The van der Waals surface area contributed by atoms with E-state index >= 15 is 0 Å². The second-order valence-electron chi connectivity index (χ2n) is 8.55. The molecule has 0 fully saturated rings. The highest BCUT2D eigenvalue weighted by atomic mass is 19.1. The topological polar surface area (TPSA) is 112 Å². The molecule has 8 nitrogen and oxygen atoms in total. The molecule has 1 aliphatic rings. The van der Waals surface area contributed by atoms with Crippen molar-refractivity contribution in [2.24, 2.45) is 0 Å². The maximum atomic E-state index is 13.4. The molecule has 0 bridgehead atoms. The average Bonchev–Trinajstić information content (AvgIpc) is 3.27. The minimum Gasteiger partial charge on any atom is -0.479 e. The first-order chi connectivity index (χ1) is 17.4. The fourth-order valence-electron chi connectivity index (χ4n) is 4.09. The van der Waals surface area contributed by atoms with Crippen LogP contribution in [0.4, 0.5) is 15.8 Å². The fraction of sp³-hybridized carbons (Fsp3) is 0.148. The molecule has 0 radical (unpaired) electrons. The van der Waals surface area contributed by atoms with Gasteiger partial charge < -0.3 is 25.7 Å². The molecular weight excluding hydrogens is 463 g/mol. The number of anilines is 2. The monoisotopic (exact) mass is 486 g/mol. The molecule has 2 atom stereocenters. The number of fused-ring (bicyclic) bond motifs is 2. The Hall–Kier alpha value is -4.66. The maximum Gasteiger partial charge on any atom is 0.265 e. The molecule has 182 valence electrons. The summed E-state index contributed by atoms with van der Waals surface area (Å²) < 4.78 is 18.9. The number of hydrogen-bond donors (Lipinski definition) is 4. The average molecular weight is 487 g/mol. The predicted molar refractivity (Wildman–Crippen MR) is 133 cm³/mol. The molecule has 4 aromatic rings. The number of H-pyrrole nitrogens is 1. The Kier molecular flexibility index (Phi) is 6.12. The van der Waals surface area contributed by atoms with Crippen molar-refractivity contribution in [3.8, 4) is 5.75 Å². The van der Waals surface area contributed by atoms with E-state index in [2.05, 4.69) is 20.9 Å². The van der Waals surface area contributed by atoms with Gasteiger partial charge in [-0.05, 0) is 61.0 Å². The Morgan fingerprint density at radius 3 is 2.67 bits per heavy atom. The standard InChI is InChI=1S/C27H23FN4O4/c1-15-25(33)31-22-13-19(10-11-24(22)36-15)30-27(35)23(32-26(34)16-6-8-18(28)9-7-16)12-17-14-29-21-5-3-2-4-20(17)21/h2-11,13-15,23,29H,12H2,1H3,(H,30,35)(H,31,33)(H,32,34)/t15-,23+/m1/s1. The van der Waals surface area contributed by atoms with Gasteiger partial charge >= 0.3 is 0 Å². The van der Waals surface area contributed by atoms with Crippen molar-refractivity contribution in [3.63, 3.8) is 0 Å². The third-order valence-electron chi connectivity index (χ3n) is 6.01. The smallest absolute Gasteiger partial charge is 0.265 e. The quantitative estimate of drug-likeness (QED) is 0.330. The zero-order valence-corrected chi connectivity index (χ0v) is 19.3. The number of aromatic amines is 1. The first-order valence-electron chi connectivity index (χ1n) is 11.4. The van der Waals surface area contributed by atoms with Crippen LogP contribution in [0.5, 0.6) is 5.75 Å². The van der Waals surface area contributed by atoms with E-state index < -0.39 is 29.8 Å². The van der Waals surface area contributed by atoms with Crippen LogP contribution in [-0.4, -0.2) is 34.9 Å². The van der Waals surface area contributed by atoms with Crippen molar-refractivity contribution in [2.45, 2.75) is 25.5 Å². The summed E-state index contributed by atoms with van der Waals surface area (Å²) in [6, 6.07) is 16.7. The summed E-state index contributed by atoms with van der Waals surface area (Å²) in [7, 11) is 0. The van der Waals surface area contributed by atoms with Crippen molar-refractivity contribution >= 4 is 40.0 Å². The van der Waals surface area contributed by atoms with Crippen LogP contribution in [0.2, 0.25) is 0 Å². The van der Waals surface area contributed by atoms with Crippen LogP contribution >= 0.6 is 0 Å². The third-order valence-corrected chi connectivity index (χ3v) is 6.01. The summed E-state index contributed by atoms with van der Waals surface area (Å²) >= 11 is 0. The number of amides is 3. The van der Waals surface area contributed by atoms with E-state index in [0.717, 1.165) is 16.5 Å². The molecule has 1 aliphatic heterocycles. The number of ether oxygens (including phenoxy) is 1. The highest BCUT2D eigenvalue weighted by Crippen LogP contribution is 2.32. The molecule has 0 saturated carbocycles. The van der Waals surface area contributed by atoms with E-state index in [1.54, 1.807) is 25.1 Å². The number of halogens is 1. The zero-order chi connectivity index (χ0) is 25.2. The first-order valence-corrected chi connectivity index (χ1v) is 11.4. The van der Waals surface area contributed by atoms with Crippen LogP contribution in [0.15, 0.2) is 72.9 Å². The molecule has 0 spiro atoms. The fourth-order valence-corrected chi connectivity index (χ4v) is 4.09. The van der Waals surface area contributed by atoms with Crippen molar-refractivity contribution in [2.75, 3.05) is 10.6 Å². The number of rotatable bonds is 6. The van der Waals surface area contributed by atoms with Gasteiger partial charge in [0.1, 0.15) is 17.6 Å². The number of carbonyl (C=O) groups excluding carboxylic acids is 3. The predicted octanol–water partition coefficient (Wildman–Crippen LogP) is 4.01. The Labute approximate surface area is 205 Å². The summed E-state index contributed by atoms with van der Waals surface area (Å²) in [5.41, 5.74) is 2.87. The maximum absolute atomic E-state index is 13.4. The lowest BCUT2D eigenvalue weighted by Gasteiger charge is -2.24. The number of nitrogens with one attached hydrogen (secondary N) is 4. The van der Waals surface area contributed by atoms with Crippen LogP contribution in [0.25, 0.3) is 10.9 Å².